The number of ether oxygens (including phenoxy) is 1. The first-order valence-corrected chi connectivity index (χ1v) is 7.62. The molecule has 2 aliphatic heterocycles. The van der Waals surface area contributed by atoms with Crippen LogP contribution in [-0.4, -0.2) is 49.8 Å². The smallest absolute Gasteiger partial charge is 0.0645 e. The number of nitrogens with one attached hydrogen (secondary N) is 1. The number of hydrogen-bond acceptors (Lipinski definition) is 3. The van der Waals surface area contributed by atoms with Crippen LogP contribution in [0.3, 0.4) is 0 Å². The summed E-state index contributed by atoms with van der Waals surface area (Å²) in [7, 11) is 0. The molecule has 3 heteroatoms. The molecule has 3 nitrogen and oxygen atoms in total. The molecule has 2 fully saturated rings. The Bertz CT molecular complexity index is 254. The molecule has 2 rings (SSSR count). The topological polar surface area (TPSA) is 24.5 Å². The third-order valence-electron chi connectivity index (χ3n) is 4.79. The van der Waals surface area contributed by atoms with E-state index in [9.17, 15) is 0 Å². The molecule has 0 aromatic heterocycles. The molecule has 106 valence electrons. The highest BCUT2D eigenvalue weighted by molar-refractivity contribution is 4.93. The molecule has 0 aromatic rings. The minimum absolute atomic E-state index is 0.212. The zero-order valence-electron chi connectivity index (χ0n) is 12.4. The van der Waals surface area contributed by atoms with E-state index in [0.29, 0.717) is 5.41 Å². The van der Waals surface area contributed by atoms with Crippen molar-refractivity contribution < 1.29 is 4.74 Å². The van der Waals surface area contributed by atoms with Crippen LogP contribution in [0.25, 0.3) is 0 Å². The molecule has 2 saturated heterocycles. The SMILES string of the molecule is CCCC1(CN2CCOCC2(C)C)CCNCC1. The van der Waals surface area contributed by atoms with E-state index in [-0.39, 0.29) is 5.54 Å². The molecule has 1 N–H and O–H groups in total. The van der Waals surface area contributed by atoms with Crippen LogP contribution < -0.4 is 5.32 Å². The van der Waals surface area contributed by atoms with Crippen LogP contribution >= 0.6 is 0 Å². The Hall–Kier alpha value is -0.120. The first kappa shape index (κ1) is 14.3. The Morgan fingerprint density at radius 3 is 2.56 bits per heavy atom. The van der Waals surface area contributed by atoms with Gasteiger partial charge in [0.25, 0.3) is 0 Å². The van der Waals surface area contributed by atoms with Crippen molar-refractivity contribution in [2.45, 2.75) is 52.0 Å². The van der Waals surface area contributed by atoms with Crippen molar-refractivity contribution in [3.05, 3.63) is 0 Å². The van der Waals surface area contributed by atoms with Crippen molar-refractivity contribution in [3.63, 3.8) is 0 Å². The molecular weight excluding hydrogens is 224 g/mol. The van der Waals surface area contributed by atoms with Crippen LogP contribution in [0.5, 0.6) is 0 Å². The van der Waals surface area contributed by atoms with Crippen LogP contribution in [0.1, 0.15) is 46.5 Å². The number of piperidine rings is 1. The summed E-state index contributed by atoms with van der Waals surface area (Å²) >= 11 is 0. The second-order valence-corrected chi connectivity index (χ2v) is 6.79. The Morgan fingerprint density at radius 2 is 1.94 bits per heavy atom. The van der Waals surface area contributed by atoms with Gasteiger partial charge in [0.05, 0.1) is 13.2 Å². The molecule has 2 heterocycles. The normalized spacial score (nSPS) is 28.2. The molecule has 0 amide bonds. The van der Waals surface area contributed by atoms with E-state index in [1.165, 1.54) is 45.3 Å². The van der Waals surface area contributed by atoms with E-state index in [1.807, 2.05) is 0 Å². The van der Waals surface area contributed by atoms with E-state index in [1.54, 1.807) is 0 Å². The lowest BCUT2D eigenvalue weighted by atomic mass is 9.74. The summed E-state index contributed by atoms with van der Waals surface area (Å²) in [6.07, 6.45) is 5.37. The van der Waals surface area contributed by atoms with Gasteiger partial charge in [-0.15, -0.1) is 0 Å². The lowest BCUT2D eigenvalue weighted by Crippen LogP contribution is -2.57. The van der Waals surface area contributed by atoms with Crippen LogP contribution in [0.4, 0.5) is 0 Å². The standard InChI is InChI=1S/C15H30N2O/c1-4-5-15(6-8-16-9-7-15)12-17-10-11-18-13-14(17,2)3/h16H,4-13H2,1-3H3. The van der Waals surface area contributed by atoms with Crippen molar-refractivity contribution in [2.24, 2.45) is 5.41 Å². The molecular formula is C15H30N2O. The van der Waals surface area contributed by atoms with Gasteiger partial charge in [0.2, 0.25) is 0 Å². The summed E-state index contributed by atoms with van der Waals surface area (Å²) in [5.41, 5.74) is 0.762. The fourth-order valence-corrected chi connectivity index (χ4v) is 3.56. The van der Waals surface area contributed by atoms with Gasteiger partial charge in [-0.3, -0.25) is 4.90 Å². The monoisotopic (exact) mass is 254 g/mol. The maximum absolute atomic E-state index is 5.64. The first-order chi connectivity index (χ1) is 8.58. The Labute approximate surface area is 112 Å². The van der Waals surface area contributed by atoms with Gasteiger partial charge in [-0.05, 0) is 51.6 Å². The number of hydrogen-bond donors (Lipinski definition) is 1. The fraction of sp³-hybridized carbons (Fsp3) is 1.00. The van der Waals surface area contributed by atoms with E-state index in [0.717, 1.165) is 19.8 Å². The summed E-state index contributed by atoms with van der Waals surface area (Å²) in [5.74, 6) is 0. The van der Waals surface area contributed by atoms with E-state index >= 15 is 0 Å². The predicted octanol–water partition coefficient (Wildman–Crippen LogP) is 2.27. The van der Waals surface area contributed by atoms with E-state index < -0.39 is 0 Å². The molecule has 0 spiro atoms. The molecule has 0 bridgehead atoms. The van der Waals surface area contributed by atoms with Crippen LogP contribution in [0, 0.1) is 5.41 Å². The molecule has 18 heavy (non-hydrogen) atoms. The largest absolute Gasteiger partial charge is 0.378 e. The Balaban J connectivity index is 2.03. The maximum Gasteiger partial charge on any atom is 0.0645 e. The quantitative estimate of drug-likeness (QED) is 0.833. The van der Waals surface area contributed by atoms with Crippen molar-refractivity contribution in [1.82, 2.24) is 10.2 Å². The Morgan fingerprint density at radius 1 is 1.22 bits per heavy atom. The minimum atomic E-state index is 0.212. The molecule has 0 aromatic carbocycles. The van der Waals surface area contributed by atoms with Gasteiger partial charge in [0.1, 0.15) is 0 Å². The van der Waals surface area contributed by atoms with Crippen molar-refractivity contribution >= 4 is 0 Å². The second-order valence-electron chi connectivity index (χ2n) is 6.79. The number of rotatable bonds is 4. The molecule has 0 unspecified atom stereocenters. The molecule has 0 aliphatic carbocycles. The van der Waals surface area contributed by atoms with E-state index in [4.69, 9.17) is 4.74 Å². The second kappa shape index (κ2) is 5.89. The Kier molecular flexibility index (Phi) is 4.68. The highest BCUT2D eigenvalue weighted by Crippen LogP contribution is 2.37. The third-order valence-corrected chi connectivity index (χ3v) is 4.79. The first-order valence-electron chi connectivity index (χ1n) is 7.62. The number of nitrogens with zero attached hydrogens (tertiary/aromatic N) is 1. The van der Waals surface area contributed by atoms with Crippen molar-refractivity contribution in [3.8, 4) is 0 Å². The van der Waals surface area contributed by atoms with Crippen molar-refractivity contribution in [2.75, 3.05) is 39.4 Å². The highest BCUT2D eigenvalue weighted by atomic mass is 16.5. The molecule has 0 saturated carbocycles. The third kappa shape index (κ3) is 3.25. The average molecular weight is 254 g/mol. The maximum atomic E-state index is 5.64. The zero-order chi connectivity index (χ0) is 13.1. The molecule has 2 aliphatic rings. The van der Waals surface area contributed by atoms with E-state index in [2.05, 4.69) is 31.0 Å². The average Bonchev–Trinajstić information content (AvgIpc) is 2.33. The van der Waals surface area contributed by atoms with Gasteiger partial charge in [-0.25, -0.2) is 0 Å². The molecule has 0 atom stereocenters. The van der Waals surface area contributed by atoms with Gasteiger partial charge in [-0.1, -0.05) is 13.3 Å². The van der Waals surface area contributed by atoms with Gasteiger partial charge >= 0.3 is 0 Å². The fourth-order valence-electron chi connectivity index (χ4n) is 3.56. The lowest BCUT2D eigenvalue weighted by molar-refractivity contribution is -0.0733. The summed E-state index contributed by atoms with van der Waals surface area (Å²) in [4.78, 5) is 2.68. The lowest BCUT2D eigenvalue weighted by Gasteiger charge is -2.49. The summed E-state index contributed by atoms with van der Waals surface area (Å²) in [6.45, 7) is 13.5. The van der Waals surface area contributed by atoms with Crippen molar-refractivity contribution in [1.29, 1.82) is 0 Å². The minimum Gasteiger partial charge on any atom is -0.378 e. The van der Waals surface area contributed by atoms with Crippen LogP contribution in [0.2, 0.25) is 0 Å². The highest BCUT2D eigenvalue weighted by Gasteiger charge is 2.38. The summed E-state index contributed by atoms with van der Waals surface area (Å²) in [6, 6.07) is 0. The number of morpholine rings is 1. The van der Waals surface area contributed by atoms with Gasteiger partial charge in [-0.2, -0.15) is 0 Å². The predicted molar refractivity (Wildman–Crippen MR) is 75.9 cm³/mol. The zero-order valence-corrected chi connectivity index (χ0v) is 12.4. The van der Waals surface area contributed by atoms with Gasteiger partial charge in [0.15, 0.2) is 0 Å². The van der Waals surface area contributed by atoms with Gasteiger partial charge < -0.3 is 10.1 Å². The summed E-state index contributed by atoms with van der Waals surface area (Å²) in [5, 5.41) is 3.51. The van der Waals surface area contributed by atoms with Gasteiger partial charge in [0, 0.05) is 18.6 Å². The van der Waals surface area contributed by atoms with Crippen LogP contribution in [0.15, 0.2) is 0 Å². The molecule has 0 radical (unpaired) electrons. The van der Waals surface area contributed by atoms with Crippen LogP contribution in [-0.2, 0) is 4.74 Å². The summed E-state index contributed by atoms with van der Waals surface area (Å²) < 4.78 is 5.64.